The van der Waals surface area contributed by atoms with Gasteiger partial charge in [-0.1, -0.05) is 18.2 Å². The van der Waals surface area contributed by atoms with Crippen LogP contribution in [0, 0.1) is 0 Å². The van der Waals surface area contributed by atoms with Crippen LogP contribution in [0.25, 0.3) is 0 Å². The van der Waals surface area contributed by atoms with E-state index in [0.29, 0.717) is 31.6 Å². The molecule has 0 bridgehead atoms. The summed E-state index contributed by atoms with van der Waals surface area (Å²) in [4.78, 5) is 13.6. The third-order valence-electron chi connectivity index (χ3n) is 3.57. The second-order valence-electron chi connectivity index (χ2n) is 6.68. The minimum Gasteiger partial charge on any atom is -0.444 e. The lowest BCUT2D eigenvalue weighted by Gasteiger charge is -2.33. The lowest BCUT2D eigenvalue weighted by molar-refractivity contribution is 0.0217. The van der Waals surface area contributed by atoms with E-state index < -0.39 is 20.9 Å². The van der Waals surface area contributed by atoms with Crippen LogP contribution < -0.4 is 4.72 Å². The number of carbonyl (C=O) groups is 1. The standard InChI is InChI=1S/C16H24N2O4S/c1-16(2,3)22-15(19)18-11-9-14(10-12-18)23(20,21)17-13-7-5-4-6-8-13/h4-8,14,17H,9-12H2,1-3H3. The van der Waals surface area contributed by atoms with Gasteiger partial charge in [-0.15, -0.1) is 0 Å². The fourth-order valence-electron chi connectivity index (χ4n) is 2.43. The van der Waals surface area contributed by atoms with E-state index in [2.05, 4.69) is 4.72 Å². The molecule has 6 nitrogen and oxygen atoms in total. The van der Waals surface area contributed by atoms with Gasteiger partial charge in [0.15, 0.2) is 0 Å². The van der Waals surface area contributed by atoms with Gasteiger partial charge >= 0.3 is 6.09 Å². The lowest BCUT2D eigenvalue weighted by Crippen LogP contribution is -2.45. The van der Waals surface area contributed by atoms with Crippen LogP contribution in [0.1, 0.15) is 33.6 Å². The van der Waals surface area contributed by atoms with Gasteiger partial charge in [0.25, 0.3) is 0 Å². The summed E-state index contributed by atoms with van der Waals surface area (Å²) in [6, 6.07) is 8.82. The maximum Gasteiger partial charge on any atom is 0.410 e. The van der Waals surface area contributed by atoms with Gasteiger partial charge in [-0.2, -0.15) is 0 Å². The zero-order valence-corrected chi connectivity index (χ0v) is 14.6. The number of para-hydroxylation sites is 1. The van der Waals surface area contributed by atoms with E-state index in [4.69, 9.17) is 4.74 Å². The number of rotatable bonds is 3. The summed E-state index contributed by atoms with van der Waals surface area (Å²) < 4.78 is 32.8. The molecule has 0 aliphatic carbocycles. The van der Waals surface area contributed by atoms with E-state index in [9.17, 15) is 13.2 Å². The van der Waals surface area contributed by atoms with E-state index >= 15 is 0 Å². The summed E-state index contributed by atoms with van der Waals surface area (Å²) in [6.07, 6.45) is 0.424. The van der Waals surface area contributed by atoms with Crippen molar-refractivity contribution in [1.29, 1.82) is 0 Å². The zero-order chi connectivity index (χ0) is 17.1. The van der Waals surface area contributed by atoms with Crippen molar-refractivity contribution in [3.05, 3.63) is 30.3 Å². The van der Waals surface area contributed by atoms with E-state index in [1.165, 1.54) is 0 Å². The third-order valence-corrected chi connectivity index (χ3v) is 5.44. The van der Waals surface area contributed by atoms with E-state index in [1.807, 2.05) is 26.8 Å². The largest absolute Gasteiger partial charge is 0.444 e. The third kappa shape index (κ3) is 5.13. The highest BCUT2D eigenvalue weighted by atomic mass is 32.2. The number of ether oxygens (including phenoxy) is 1. The molecule has 0 radical (unpaired) electrons. The average Bonchev–Trinajstić information content (AvgIpc) is 2.46. The Bertz CT molecular complexity index is 630. The van der Waals surface area contributed by atoms with Crippen LogP contribution in [0.15, 0.2) is 30.3 Å². The van der Waals surface area contributed by atoms with Crippen LogP contribution in [-0.2, 0) is 14.8 Å². The Kier molecular flexibility index (Phi) is 5.19. The summed E-state index contributed by atoms with van der Waals surface area (Å²) >= 11 is 0. The summed E-state index contributed by atoms with van der Waals surface area (Å²) in [6.45, 7) is 6.20. The highest BCUT2D eigenvalue weighted by Gasteiger charge is 2.33. The number of anilines is 1. The molecular formula is C16H24N2O4S. The number of likely N-dealkylation sites (tertiary alicyclic amines) is 1. The maximum absolute atomic E-state index is 12.4. The summed E-state index contributed by atoms with van der Waals surface area (Å²) in [5.41, 5.74) is 0.0107. The number of sulfonamides is 1. The molecule has 1 aromatic carbocycles. The molecule has 1 aromatic rings. The lowest BCUT2D eigenvalue weighted by atomic mass is 10.1. The van der Waals surface area contributed by atoms with Gasteiger partial charge in [-0.05, 0) is 45.7 Å². The number of piperidine rings is 1. The Labute approximate surface area is 137 Å². The number of benzene rings is 1. The van der Waals surface area contributed by atoms with Gasteiger partial charge in [-0.25, -0.2) is 13.2 Å². The van der Waals surface area contributed by atoms with Crippen molar-refractivity contribution in [2.75, 3.05) is 17.8 Å². The molecular weight excluding hydrogens is 316 g/mol. The number of amides is 1. The summed E-state index contributed by atoms with van der Waals surface area (Å²) in [7, 11) is -3.45. The number of nitrogens with zero attached hydrogens (tertiary/aromatic N) is 1. The van der Waals surface area contributed by atoms with Gasteiger partial charge in [0.2, 0.25) is 10.0 Å². The SMILES string of the molecule is CC(C)(C)OC(=O)N1CCC(S(=O)(=O)Nc2ccccc2)CC1. The van der Waals surface area contributed by atoms with E-state index in [1.54, 1.807) is 29.2 Å². The topological polar surface area (TPSA) is 75.7 Å². The van der Waals surface area contributed by atoms with Crippen molar-refractivity contribution >= 4 is 21.8 Å². The monoisotopic (exact) mass is 340 g/mol. The molecule has 1 aliphatic heterocycles. The molecule has 128 valence electrons. The molecule has 0 atom stereocenters. The van der Waals surface area contributed by atoms with E-state index in [0.717, 1.165) is 0 Å². The normalized spacial score (nSPS) is 16.9. The molecule has 23 heavy (non-hydrogen) atoms. The van der Waals surface area contributed by atoms with Gasteiger partial charge in [0.1, 0.15) is 5.60 Å². The minimum absolute atomic E-state index is 0.384. The van der Waals surface area contributed by atoms with Crippen LogP contribution in [0.5, 0.6) is 0 Å². The fraction of sp³-hybridized carbons (Fsp3) is 0.562. The molecule has 1 amide bonds. The Morgan fingerprint density at radius 2 is 1.74 bits per heavy atom. The van der Waals surface area contributed by atoms with Crippen LogP contribution in [-0.4, -0.2) is 43.4 Å². The fourth-order valence-corrected chi connectivity index (χ4v) is 3.89. The molecule has 2 rings (SSSR count). The summed E-state index contributed by atoms with van der Waals surface area (Å²) in [5, 5.41) is -0.499. The van der Waals surface area contributed by atoms with Crippen molar-refractivity contribution in [3.8, 4) is 0 Å². The first-order valence-electron chi connectivity index (χ1n) is 7.72. The molecule has 7 heteroatoms. The predicted octanol–water partition coefficient (Wildman–Crippen LogP) is 2.83. The second kappa shape index (κ2) is 6.78. The molecule has 0 aromatic heterocycles. The highest BCUT2D eigenvalue weighted by molar-refractivity contribution is 7.93. The van der Waals surface area contributed by atoms with E-state index in [-0.39, 0.29) is 6.09 Å². The van der Waals surface area contributed by atoms with Gasteiger partial charge in [-0.3, -0.25) is 4.72 Å². The molecule has 1 fully saturated rings. The van der Waals surface area contributed by atoms with Crippen LogP contribution in [0.2, 0.25) is 0 Å². The molecule has 1 saturated heterocycles. The van der Waals surface area contributed by atoms with Crippen LogP contribution >= 0.6 is 0 Å². The average molecular weight is 340 g/mol. The number of carbonyl (C=O) groups excluding carboxylic acids is 1. The summed E-state index contributed by atoms with van der Waals surface area (Å²) in [5.74, 6) is 0. The molecule has 0 unspecified atom stereocenters. The molecule has 1 N–H and O–H groups in total. The van der Waals surface area contributed by atoms with Crippen LogP contribution in [0.4, 0.5) is 10.5 Å². The molecule has 1 aliphatic rings. The van der Waals surface area contributed by atoms with Crippen molar-refractivity contribution in [2.24, 2.45) is 0 Å². The Morgan fingerprint density at radius 3 is 2.26 bits per heavy atom. The Hall–Kier alpha value is -1.76. The molecule has 0 spiro atoms. The number of hydrogen-bond donors (Lipinski definition) is 1. The zero-order valence-electron chi connectivity index (χ0n) is 13.8. The second-order valence-corrected chi connectivity index (χ2v) is 8.64. The van der Waals surface area contributed by atoms with Gasteiger partial charge in [0.05, 0.1) is 5.25 Å². The first kappa shape index (κ1) is 17.6. The van der Waals surface area contributed by atoms with Gasteiger partial charge < -0.3 is 9.64 Å². The molecule has 1 heterocycles. The molecule has 0 saturated carbocycles. The number of hydrogen-bond acceptors (Lipinski definition) is 4. The highest BCUT2D eigenvalue weighted by Crippen LogP contribution is 2.22. The Balaban J connectivity index is 1.92. The minimum atomic E-state index is -3.45. The predicted molar refractivity (Wildman–Crippen MR) is 89.8 cm³/mol. The Morgan fingerprint density at radius 1 is 1.17 bits per heavy atom. The van der Waals surface area contributed by atoms with Crippen molar-refractivity contribution in [3.63, 3.8) is 0 Å². The van der Waals surface area contributed by atoms with Crippen molar-refractivity contribution < 1.29 is 17.9 Å². The quantitative estimate of drug-likeness (QED) is 0.918. The first-order chi connectivity index (χ1) is 10.7. The van der Waals surface area contributed by atoms with Crippen molar-refractivity contribution in [2.45, 2.75) is 44.5 Å². The van der Waals surface area contributed by atoms with Crippen LogP contribution in [0.3, 0.4) is 0 Å². The first-order valence-corrected chi connectivity index (χ1v) is 9.27. The number of nitrogens with one attached hydrogen (secondary N) is 1. The van der Waals surface area contributed by atoms with Crippen molar-refractivity contribution in [1.82, 2.24) is 4.90 Å². The van der Waals surface area contributed by atoms with Gasteiger partial charge in [0, 0.05) is 18.8 Å². The smallest absolute Gasteiger partial charge is 0.410 e. The maximum atomic E-state index is 12.4.